The number of hydrogen-bond acceptors (Lipinski definition) is 0. The molecule has 0 nitrogen and oxygen atoms in total. The fraction of sp³-hybridized carbons (Fsp3) is 0.282. The van der Waals surface area contributed by atoms with Gasteiger partial charge in [0.05, 0.1) is 5.41 Å². The summed E-state index contributed by atoms with van der Waals surface area (Å²) >= 11 is 0. The summed E-state index contributed by atoms with van der Waals surface area (Å²) in [6.45, 7) is 18.2. The Morgan fingerprint density at radius 1 is 0.487 bits per heavy atom. The van der Waals surface area contributed by atoms with Crippen LogP contribution in [-0.4, -0.2) is 0 Å². The molecule has 0 fully saturated rings. The summed E-state index contributed by atoms with van der Waals surface area (Å²) in [6.07, 6.45) is 0. The minimum Gasteiger partial charge on any atom is -0.0587 e. The first-order valence-electron chi connectivity index (χ1n) is 14.3. The van der Waals surface area contributed by atoms with Gasteiger partial charge in [-0.1, -0.05) is 150 Å². The van der Waals surface area contributed by atoms with Crippen molar-refractivity contribution < 1.29 is 0 Å². The van der Waals surface area contributed by atoms with Crippen molar-refractivity contribution in [3.63, 3.8) is 0 Å². The van der Waals surface area contributed by atoms with E-state index < -0.39 is 5.41 Å². The summed E-state index contributed by atoms with van der Waals surface area (Å²) in [4.78, 5) is 0. The predicted molar refractivity (Wildman–Crippen MR) is 168 cm³/mol. The summed E-state index contributed by atoms with van der Waals surface area (Å²) in [7, 11) is 0. The van der Waals surface area contributed by atoms with Gasteiger partial charge in [-0.25, -0.2) is 0 Å². The largest absolute Gasteiger partial charge is 0.0719 e. The van der Waals surface area contributed by atoms with Crippen LogP contribution in [0, 0.1) is 13.8 Å². The van der Waals surface area contributed by atoms with Crippen molar-refractivity contribution in [3.8, 4) is 11.1 Å². The number of rotatable bonds is 2. The molecule has 0 atom stereocenters. The van der Waals surface area contributed by atoms with Crippen molar-refractivity contribution in [1.82, 2.24) is 0 Å². The monoisotopic (exact) mass is 508 g/mol. The number of hydrogen-bond donors (Lipinski definition) is 0. The van der Waals surface area contributed by atoms with E-state index in [1.54, 1.807) is 0 Å². The lowest BCUT2D eigenvalue weighted by Crippen LogP contribution is -2.29. The van der Waals surface area contributed by atoms with Crippen LogP contribution < -0.4 is 0 Å². The van der Waals surface area contributed by atoms with Gasteiger partial charge in [-0.3, -0.25) is 0 Å². The first-order valence-corrected chi connectivity index (χ1v) is 14.3. The maximum absolute atomic E-state index is 2.44. The van der Waals surface area contributed by atoms with E-state index in [4.69, 9.17) is 0 Å². The highest BCUT2D eigenvalue weighted by Gasteiger charge is 2.47. The van der Waals surface area contributed by atoms with Crippen molar-refractivity contribution in [1.29, 1.82) is 0 Å². The van der Waals surface area contributed by atoms with Gasteiger partial charge in [0, 0.05) is 0 Å². The van der Waals surface area contributed by atoms with E-state index in [0.717, 1.165) is 0 Å². The molecule has 0 radical (unpaired) electrons. The average Bonchev–Trinajstić information content (AvgIpc) is 3.18. The molecule has 0 unspecified atom stereocenters. The van der Waals surface area contributed by atoms with Crippen LogP contribution >= 0.6 is 0 Å². The van der Waals surface area contributed by atoms with E-state index in [-0.39, 0.29) is 10.8 Å². The average molecular weight is 509 g/mol. The van der Waals surface area contributed by atoms with Gasteiger partial charge in [-0.05, 0) is 80.0 Å². The Kier molecular flexibility index (Phi) is 5.71. The number of benzene rings is 5. The summed E-state index contributed by atoms with van der Waals surface area (Å²) in [5, 5.41) is 2.65. The fourth-order valence-corrected chi connectivity index (χ4v) is 6.62. The molecule has 1 aliphatic rings. The van der Waals surface area contributed by atoms with Crippen LogP contribution in [0.3, 0.4) is 0 Å². The molecule has 0 heteroatoms. The first-order chi connectivity index (χ1) is 18.4. The Bertz CT molecular complexity index is 1640. The van der Waals surface area contributed by atoms with Crippen molar-refractivity contribution >= 4 is 10.8 Å². The second-order valence-electron chi connectivity index (χ2n) is 13.7. The molecule has 196 valence electrons. The summed E-state index contributed by atoms with van der Waals surface area (Å²) < 4.78 is 0. The van der Waals surface area contributed by atoms with Gasteiger partial charge in [0.15, 0.2) is 0 Å². The van der Waals surface area contributed by atoms with E-state index in [0.29, 0.717) is 0 Å². The topological polar surface area (TPSA) is 0 Å². The Morgan fingerprint density at radius 2 is 0.974 bits per heavy atom. The van der Waals surface area contributed by atoms with Crippen LogP contribution in [0.4, 0.5) is 0 Å². The third-order valence-corrected chi connectivity index (χ3v) is 8.79. The quantitative estimate of drug-likeness (QED) is 0.218. The molecule has 0 aliphatic heterocycles. The lowest BCUT2D eigenvalue weighted by atomic mass is 9.66. The normalized spacial score (nSPS) is 14.4. The molecular weight excluding hydrogens is 468 g/mol. The summed E-state index contributed by atoms with van der Waals surface area (Å²) in [6, 6.07) is 37.7. The van der Waals surface area contributed by atoms with Crippen LogP contribution in [-0.2, 0) is 16.2 Å². The van der Waals surface area contributed by atoms with Crippen LogP contribution in [0.5, 0.6) is 0 Å². The van der Waals surface area contributed by atoms with E-state index in [9.17, 15) is 0 Å². The zero-order valence-electron chi connectivity index (χ0n) is 24.7. The molecule has 0 saturated carbocycles. The Hall–Kier alpha value is -3.64. The molecule has 0 aromatic heterocycles. The van der Waals surface area contributed by atoms with Gasteiger partial charge in [0.1, 0.15) is 0 Å². The molecular formula is C39H40. The lowest BCUT2D eigenvalue weighted by molar-refractivity contribution is 0.588. The van der Waals surface area contributed by atoms with Crippen LogP contribution in [0.2, 0.25) is 0 Å². The van der Waals surface area contributed by atoms with E-state index >= 15 is 0 Å². The summed E-state index contributed by atoms with van der Waals surface area (Å²) in [5.41, 5.74) is 13.3. The van der Waals surface area contributed by atoms with Crippen LogP contribution in [0.1, 0.15) is 86.1 Å². The molecule has 5 aromatic carbocycles. The van der Waals surface area contributed by atoms with Gasteiger partial charge in [-0.15, -0.1) is 0 Å². The zero-order chi connectivity index (χ0) is 27.7. The lowest BCUT2D eigenvalue weighted by Gasteiger charge is -2.36. The van der Waals surface area contributed by atoms with Crippen molar-refractivity contribution in [2.24, 2.45) is 0 Å². The maximum Gasteiger partial charge on any atom is 0.0719 e. The third kappa shape index (κ3) is 3.96. The molecule has 0 amide bonds. The van der Waals surface area contributed by atoms with Gasteiger partial charge in [0.2, 0.25) is 0 Å². The highest BCUT2D eigenvalue weighted by molar-refractivity contribution is 6.00. The Labute approximate surface area is 234 Å². The van der Waals surface area contributed by atoms with Crippen molar-refractivity contribution in [3.05, 3.63) is 142 Å². The van der Waals surface area contributed by atoms with Crippen LogP contribution in [0.25, 0.3) is 21.9 Å². The molecule has 39 heavy (non-hydrogen) atoms. The molecule has 5 aromatic rings. The van der Waals surface area contributed by atoms with Gasteiger partial charge >= 0.3 is 0 Å². The Morgan fingerprint density at radius 3 is 1.51 bits per heavy atom. The second kappa shape index (κ2) is 8.68. The number of aryl methyl sites for hydroxylation is 2. The van der Waals surface area contributed by atoms with E-state index in [1.165, 1.54) is 66.4 Å². The van der Waals surface area contributed by atoms with Crippen molar-refractivity contribution in [2.45, 2.75) is 71.6 Å². The van der Waals surface area contributed by atoms with Gasteiger partial charge in [0.25, 0.3) is 0 Å². The zero-order valence-corrected chi connectivity index (χ0v) is 24.7. The van der Waals surface area contributed by atoms with Gasteiger partial charge in [-0.2, -0.15) is 0 Å². The molecule has 6 rings (SSSR count). The molecule has 0 heterocycles. The predicted octanol–water partition coefficient (Wildman–Crippen LogP) is 10.4. The van der Waals surface area contributed by atoms with Gasteiger partial charge < -0.3 is 0 Å². The maximum atomic E-state index is 2.44. The SMILES string of the molecule is Cc1ccc2c(c1)C(c1ccc(C(C)(C)C)cc1)(c1ccc(C(C)(C)C)cc1)c1c-2ccc2cc(C)ccc12. The second-order valence-corrected chi connectivity index (χ2v) is 13.7. The van der Waals surface area contributed by atoms with Crippen LogP contribution in [0.15, 0.2) is 97.1 Å². The fourth-order valence-electron chi connectivity index (χ4n) is 6.62. The summed E-state index contributed by atoms with van der Waals surface area (Å²) in [5.74, 6) is 0. The number of fused-ring (bicyclic) bond motifs is 5. The molecule has 1 aliphatic carbocycles. The smallest absolute Gasteiger partial charge is 0.0587 e. The minimum atomic E-state index is -0.404. The molecule has 0 N–H and O–H groups in total. The standard InChI is InChI=1S/C39H40/c1-25-9-20-32-27(23-25)11-22-34-33-21-10-26(2)24-35(33)39(36(32)34,30-16-12-28(13-17-30)37(3,4)5)31-18-14-29(15-19-31)38(6,7)8/h9-24H,1-8H3. The molecule has 0 saturated heterocycles. The minimum absolute atomic E-state index is 0.104. The van der Waals surface area contributed by atoms with E-state index in [1.807, 2.05) is 0 Å². The molecule has 0 spiro atoms. The van der Waals surface area contributed by atoms with Crippen molar-refractivity contribution in [2.75, 3.05) is 0 Å². The highest BCUT2D eigenvalue weighted by atomic mass is 14.5. The highest BCUT2D eigenvalue weighted by Crippen LogP contribution is 2.58. The first kappa shape index (κ1) is 25.6. The Balaban J connectivity index is 1.77. The molecule has 0 bridgehead atoms. The van der Waals surface area contributed by atoms with E-state index in [2.05, 4.69) is 152 Å². The third-order valence-electron chi connectivity index (χ3n) is 8.79.